The standard InChI is InChI=1S/C28H22ClN3O2/c29-22-13-15-23(16-14-22)32-26(19-25(31-32)27-12-7-17-34-27)28(33)30-24(21-10-5-2-6-11-21)18-20-8-3-1-4-9-20/h1-17,19,24H,18H2,(H,30,33). The molecule has 5 aromatic rings. The zero-order valence-electron chi connectivity index (χ0n) is 18.3. The van der Waals surface area contributed by atoms with E-state index in [1.165, 1.54) is 0 Å². The van der Waals surface area contributed by atoms with Gasteiger partial charge in [-0.1, -0.05) is 72.3 Å². The highest BCUT2D eigenvalue weighted by Gasteiger charge is 2.22. The minimum atomic E-state index is -0.231. The summed E-state index contributed by atoms with van der Waals surface area (Å²) in [6.45, 7) is 0. The van der Waals surface area contributed by atoms with Gasteiger partial charge in [-0.15, -0.1) is 0 Å². The predicted molar refractivity (Wildman–Crippen MR) is 133 cm³/mol. The van der Waals surface area contributed by atoms with Crippen molar-refractivity contribution < 1.29 is 9.21 Å². The van der Waals surface area contributed by atoms with Crippen LogP contribution in [0.15, 0.2) is 114 Å². The van der Waals surface area contributed by atoms with E-state index in [-0.39, 0.29) is 11.9 Å². The lowest BCUT2D eigenvalue weighted by Gasteiger charge is -2.20. The van der Waals surface area contributed by atoms with E-state index in [4.69, 9.17) is 16.0 Å². The Kier molecular flexibility index (Phi) is 6.27. The van der Waals surface area contributed by atoms with Crippen LogP contribution in [0.5, 0.6) is 0 Å². The maximum absolute atomic E-state index is 13.6. The van der Waals surface area contributed by atoms with Gasteiger partial charge >= 0.3 is 0 Å². The molecule has 0 saturated carbocycles. The Morgan fingerprint density at radius 2 is 1.62 bits per heavy atom. The summed E-state index contributed by atoms with van der Waals surface area (Å²) in [5, 5.41) is 8.49. The molecule has 0 fully saturated rings. The van der Waals surface area contributed by atoms with Crippen molar-refractivity contribution in [3.63, 3.8) is 0 Å². The van der Waals surface area contributed by atoms with Crippen molar-refractivity contribution in [2.75, 3.05) is 0 Å². The maximum atomic E-state index is 13.6. The molecule has 5 rings (SSSR count). The van der Waals surface area contributed by atoms with Gasteiger partial charge in [0.1, 0.15) is 11.4 Å². The molecule has 0 spiro atoms. The highest BCUT2D eigenvalue weighted by Crippen LogP contribution is 2.25. The molecule has 0 aliphatic rings. The molecule has 3 aromatic carbocycles. The number of aromatic nitrogens is 2. The third-order valence-corrected chi connectivity index (χ3v) is 5.83. The summed E-state index contributed by atoms with van der Waals surface area (Å²) in [5.74, 6) is 0.357. The number of nitrogens with zero attached hydrogens (tertiary/aromatic N) is 2. The van der Waals surface area contributed by atoms with Gasteiger partial charge in [0.15, 0.2) is 5.76 Å². The number of carbonyl (C=O) groups is 1. The number of furan rings is 1. The summed E-state index contributed by atoms with van der Waals surface area (Å²) >= 11 is 6.08. The monoisotopic (exact) mass is 467 g/mol. The SMILES string of the molecule is O=C(NC(Cc1ccccc1)c1ccccc1)c1cc(-c2ccco2)nn1-c1ccc(Cl)cc1. The second-order valence-corrected chi connectivity index (χ2v) is 8.34. The number of amides is 1. The molecule has 34 heavy (non-hydrogen) atoms. The number of hydrogen-bond donors (Lipinski definition) is 1. The van der Waals surface area contributed by atoms with Crippen molar-refractivity contribution in [3.8, 4) is 17.1 Å². The van der Waals surface area contributed by atoms with Gasteiger partial charge in [0.25, 0.3) is 5.91 Å². The number of halogens is 1. The van der Waals surface area contributed by atoms with Crippen LogP contribution in [0.3, 0.4) is 0 Å². The Hall–Kier alpha value is -4.09. The Bertz CT molecular complexity index is 1360. The van der Waals surface area contributed by atoms with Gasteiger partial charge in [-0.2, -0.15) is 5.10 Å². The zero-order valence-corrected chi connectivity index (χ0v) is 19.0. The average Bonchev–Trinajstić information content (AvgIpc) is 3.56. The molecule has 5 nitrogen and oxygen atoms in total. The molecule has 0 aliphatic heterocycles. The molecule has 1 N–H and O–H groups in total. The Morgan fingerprint density at radius 1 is 0.912 bits per heavy atom. The number of benzene rings is 3. The van der Waals surface area contributed by atoms with E-state index in [0.29, 0.717) is 28.6 Å². The molecule has 1 unspecified atom stereocenters. The van der Waals surface area contributed by atoms with Crippen LogP contribution in [0.4, 0.5) is 0 Å². The second-order valence-electron chi connectivity index (χ2n) is 7.91. The number of rotatable bonds is 7. The van der Waals surface area contributed by atoms with Gasteiger partial charge < -0.3 is 9.73 Å². The summed E-state index contributed by atoms with van der Waals surface area (Å²) in [5.41, 5.74) is 3.88. The minimum absolute atomic E-state index is 0.211. The smallest absolute Gasteiger partial charge is 0.270 e. The van der Waals surface area contributed by atoms with Crippen LogP contribution < -0.4 is 5.32 Å². The van der Waals surface area contributed by atoms with Crippen molar-refractivity contribution in [2.24, 2.45) is 0 Å². The fourth-order valence-corrected chi connectivity index (χ4v) is 4.01. The van der Waals surface area contributed by atoms with Crippen molar-refractivity contribution in [1.29, 1.82) is 0 Å². The topological polar surface area (TPSA) is 60.1 Å². The normalized spacial score (nSPS) is 11.8. The van der Waals surface area contributed by atoms with E-state index in [0.717, 1.165) is 16.8 Å². The van der Waals surface area contributed by atoms with E-state index in [2.05, 4.69) is 22.5 Å². The van der Waals surface area contributed by atoms with Crippen LogP contribution in [-0.4, -0.2) is 15.7 Å². The van der Waals surface area contributed by atoms with E-state index < -0.39 is 0 Å². The first kappa shape index (κ1) is 21.7. The summed E-state index contributed by atoms with van der Waals surface area (Å²) in [6, 6.07) is 32.5. The second kappa shape index (κ2) is 9.81. The maximum Gasteiger partial charge on any atom is 0.270 e. The average molecular weight is 468 g/mol. The van der Waals surface area contributed by atoms with Crippen LogP contribution in [0.2, 0.25) is 5.02 Å². The molecule has 2 heterocycles. The fourth-order valence-electron chi connectivity index (χ4n) is 3.89. The number of hydrogen-bond acceptors (Lipinski definition) is 3. The molecule has 0 saturated heterocycles. The largest absolute Gasteiger partial charge is 0.463 e. The van der Waals surface area contributed by atoms with E-state index in [9.17, 15) is 4.79 Å². The highest BCUT2D eigenvalue weighted by atomic mass is 35.5. The van der Waals surface area contributed by atoms with Crippen molar-refractivity contribution >= 4 is 17.5 Å². The van der Waals surface area contributed by atoms with E-state index in [1.807, 2.05) is 66.7 Å². The highest BCUT2D eigenvalue weighted by molar-refractivity contribution is 6.30. The lowest BCUT2D eigenvalue weighted by Crippen LogP contribution is -2.31. The number of nitrogens with one attached hydrogen (secondary N) is 1. The first-order valence-corrected chi connectivity index (χ1v) is 11.3. The van der Waals surface area contributed by atoms with Crippen LogP contribution in [0, 0.1) is 0 Å². The third kappa shape index (κ3) is 4.80. The summed E-state index contributed by atoms with van der Waals surface area (Å²) in [7, 11) is 0. The van der Waals surface area contributed by atoms with Gasteiger partial charge in [0, 0.05) is 11.1 Å². The molecule has 6 heteroatoms. The molecule has 0 bridgehead atoms. The zero-order chi connectivity index (χ0) is 23.3. The predicted octanol–water partition coefficient (Wildman–Crippen LogP) is 6.50. The van der Waals surface area contributed by atoms with Crippen LogP contribution >= 0.6 is 11.6 Å². The summed E-state index contributed by atoms with van der Waals surface area (Å²) in [4.78, 5) is 13.6. The molecule has 0 aliphatic carbocycles. The molecule has 1 amide bonds. The van der Waals surface area contributed by atoms with Crippen molar-refractivity contribution in [2.45, 2.75) is 12.5 Å². The Morgan fingerprint density at radius 3 is 2.29 bits per heavy atom. The number of carbonyl (C=O) groups excluding carboxylic acids is 1. The van der Waals surface area contributed by atoms with Gasteiger partial charge in [0.05, 0.1) is 18.0 Å². The van der Waals surface area contributed by atoms with Gasteiger partial charge in [-0.05, 0) is 53.9 Å². The Balaban J connectivity index is 1.51. The molecule has 1 atom stereocenters. The third-order valence-electron chi connectivity index (χ3n) is 5.58. The first-order valence-electron chi connectivity index (χ1n) is 11.0. The van der Waals surface area contributed by atoms with E-state index in [1.54, 1.807) is 35.2 Å². The molecule has 168 valence electrons. The van der Waals surface area contributed by atoms with Crippen LogP contribution in [0.1, 0.15) is 27.7 Å². The van der Waals surface area contributed by atoms with E-state index >= 15 is 0 Å². The Labute approximate surface area is 202 Å². The van der Waals surface area contributed by atoms with Gasteiger partial charge in [-0.25, -0.2) is 4.68 Å². The summed E-state index contributed by atoms with van der Waals surface area (Å²) in [6.07, 6.45) is 2.25. The minimum Gasteiger partial charge on any atom is -0.463 e. The quantitative estimate of drug-likeness (QED) is 0.297. The molecular formula is C28H22ClN3O2. The first-order chi connectivity index (χ1) is 16.7. The molecule has 0 radical (unpaired) electrons. The lowest BCUT2D eigenvalue weighted by molar-refractivity contribution is 0.0928. The lowest BCUT2D eigenvalue weighted by atomic mass is 9.98. The fraction of sp³-hybridized carbons (Fsp3) is 0.0714. The van der Waals surface area contributed by atoms with Gasteiger partial charge in [0.2, 0.25) is 0 Å². The summed E-state index contributed by atoms with van der Waals surface area (Å²) < 4.78 is 7.14. The van der Waals surface area contributed by atoms with Crippen LogP contribution in [0.25, 0.3) is 17.1 Å². The molecule has 2 aromatic heterocycles. The van der Waals surface area contributed by atoms with Crippen molar-refractivity contribution in [3.05, 3.63) is 131 Å². The van der Waals surface area contributed by atoms with Gasteiger partial charge in [-0.3, -0.25) is 4.79 Å². The van der Waals surface area contributed by atoms with Crippen molar-refractivity contribution in [1.82, 2.24) is 15.1 Å². The van der Waals surface area contributed by atoms with Crippen LogP contribution in [-0.2, 0) is 6.42 Å². The molecular weight excluding hydrogens is 446 g/mol.